The summed E-state index contributed by atoms with van der Waals surface area (Å²) in [5, 5.41) is 0. The molecule has 0 radical (unpaired) electrons. The molecule has 2 fully saturated rings. The van der Waals surface area contributed by atoms with Gasteiger partial charge < -0.3 is 14.2 Å². The van der Waals surface area contributed by atoms with Crippen LogP contribution in [0.1, 0.15) is 102 Å². The molecule has 2 atom stereocenters. The van der Waals surface area contributed by atoms with Crippen molar-refractivity contribution >= 4 is 11.9 Å². The fourth-order valence-corrected chi connectivity index (χ4v) is 5.20. The first-order valence-corrected chi connectivity index (χ1v) is 13.8. The number of ether oxygens (including phenoxy) is 3. The van der Waals surface area contributed by atoms with Crippen LogP contribution < -0.4 is 4.74 Å². The first-order chi connectivity index (χ1) is 17.4. The molecule has 2 aliphatic carbocycles. The molecular formula is C29H42F2O5. The maximum absolute atomic E-state index is 13.7. The van der Waals surface area contributed by atoms with E-state index in [-0.39, 0.29) is 25.0 Å². The smallest absolute Gasteiger partial charge is 0.340 e. The van der Waals surface area contributed by atoms with Crippen molar-refractivity contribution in [1.82, 2.24) is 0 Å². The van der Waals surface area contributed by atoms with E-state index in [0.717, 1.165) is 57.1 Å². The van der Waals surface area contributed by atoms with Gasteiger partial charge in [0.15, 0.2) is 12.3 Å². The first kappa shape index (κ1) is 28.4. The fraction of sp³-hybridized carbons (Fsp3) is 0.724. The van der Waals surface area contributed by atoms with E-state index in [1.807, 2.05) is 26.0 Å². The van der Waals surface area contributed by atoms with Crippen LogP contribution in [0.4, 0.5) is 8.78 Å². The Morgan fingerprint density at radius 2 is 1.25 bits per heavy atom. The van der Waals surface area contributed by atoms with Gasteiger partial charge in [-0.2, -0.15) is 0 Å². The Morgan fingerprint density at radius 3 is 1.72 bits per heavy atom. The van der Waals surface area contributed by atoms with E-state index in [1.165, 1.54) is 5.56 Å². The van der Waals surface area contributed by atoms with E-state index in [1.54, 1.807) is 0 Å². The number of halogens is 2. The zero-order chi connectivity index (χ0) is 25.9. The van der Waals surface area contributed by atoms with Gasteiger partial charge in [0.1, 0.15) is 18.0 Å². The van der Waals surface area contributed by atoms with Crippen LogP contribution in [0.5, 0.6) is 5.75 Å². The van der Waals surface area contributed by atoms with Gasteiger partial charge in [-0.05, 0) is 93.7 Å². The molecule has 0 amide bonds. The molecule has 2 aliphatic rings. The highest BCUT2D eigenvalue weighted by Gasteiger charge is 2.29. The van der Waals surface area contributed by atoms with E-state index < -0.39 is 24.3 Å². The average molecular weight is 509 g/mol. The van der Waals surface area contributed by atoms with Crippen LogP contribution in [0.15, 0.2) is 24.3 Å². The van der Waals surface area contributed by atoms with E-state index in [4.69, 9.17) is 14.2 Å². The molecular weight excluding hydrogens is 466 g/mol. The van der Waals surface area contributed by atoms with Gasteiger partial charge in [0, 0.05) is 0 Å². The predicted octanol–water partition coefficient (Wildman–Crippen LogP) is 7.01. The number of carbonyl (C=O) groups is 2. The normalized spacial score (nSPS) is 26.0. The third kappa shape index (κ3) is 8.74. The van der Waals surface area contributed by atoms with Crippen molar-refractivity contribution < 1.29 is 32.6 Å². The van der Waals surface area contributed by atoms with Crippen molar-refractivity contribution in [2.24, 2.45) is 5.92 Å². The fourth-order valence-electron chi connectivity index (χ4n) is 5.20. The van der Waals surface area contributed by atoms with Crippen molar-refractivity contribution in [2.45, 2.75) is 121 Å². The first-order valence-electron chi connectivity index (χ1n) is 13.8. The maximum Gasteiger partial charge on any atom is 0.340 e. The summed E-state index contributed by atoms with van der Waals surface area (Å²) in [6, 6.07) is 8.21. The maximum atomic E-state index is 13.7. The van der Waals surface area contributed by atoms with Crippen molar-refractivity contribution in [3.05, 3.63) is 29.8 Å². The van der Waals surface area contributed by atoms with E-state index in [2.05, 4.69) is 12.1 Å². The van der Waals surface area contributed by atoms with Gasteiger partial charge in [-0.15, -0.1) is 0 Å². The Labute approximate surface area is 214 Å². The number of rotatable bonds is 12. The summed E-state index contributed by atoms with van der Waals surface area (Å²) in [5.41, 5.74) is 1.25. The van der Waals surface area contributed by atoms with Crippen LogP contribution in [0.25, 0.3) is 0 Å². The molecule has 3 rings (SSSR count). The summed E-state index contributed by atoms with van der Waals surface area (Å²) in [5.74, 6) is 0.212. The lowest BCUT2D eigenvalue weighted by Gasteiger charge is -2.29. The summed E-state index contributed by atoms with van der Waals surface area (Å²) in [6.45, 7) is 4.32. The zero-order valence-electron chi connectivity index (χ0n) is 21.8. The molecule has 0 aromatic heterocycles. The van der Waals surface area contributed by atoms with Crippen molar-refractivity contribution in [3.63, 3.8) is 0 Å². The van der Waals surface area contributed by atoms with Crippen molar-refractivity contribution in [3.8, 4) is 5.75 Å². The second kappa shape index (κ2) is 14.5. The largest absolute Gasteiger partial charge is 0.493 e. The van der Waals surface area contributed by atoms with Crippen LogP contribution in [-0.4, -0.2) is 43.1 Å². The van der Waals surface area contributed by atoms with Crippen molar-refractivity contribution in [2.75, 3.05) is 6.61 Å². The number of benzene rings is 1. The number of hydrogen-bond donors (Lipinski definition) is 0. The van der Waals surface area contributed by atoms with Gasteiger partial charge in [-0.25, -0.2) is 18.4 Å². The highest BCUT2D eigenvalue weighted by atomic mass is 19.1. The molecule has 202 valence electrons. The standard InChI is InChI=1S/C29H42F2O5/c1-3-5-26(30)28(32)35-24-13-7-20(8-14-24)19-34-23-15-9-21(10-16-23)22-11-17-25(18-12-22)36-29(33)27(31)6-4-2/h9-10,15-16,20,22,24-27H,3-8,11-14,17-19H2,1-2H3/t20?,22?,24?,25?,26-,27-/m0/s1. The lowest BCUT2D eigenvalue weighted by atomic mass is 9.82. The number of carbonyl (C=O) groups excluding carboxylic acids is 2. The second-order valence-electron chi connectivity index (χ2n) is 10.4. The highest BCUT2D eigenvalue weighted by molar-refractivity contribution is 5.75. The molecule has 0 heterocycles. The molecule has 0 aliphatic heterocycles. The minimum absolute atomic E-state index is 0.181. The molecule has 36 heavy (non-hydrogen) atoms. The lowest BCUT2D eigenvalue weighted by molar-refractivity contribution is -0.158. The van der Waals surface area contributed by atoms with Gasteiger partial charge in [0.25, 0.3) is 0 Å². The summed E-state index contributed by atoms with van der Waals surface area (Å²) < 4.78 is 44.1. The third-order valence-corrected chi connectivity index (χ3v) is 7.47. The third-order valence-electron chi connectivity index (χ3n) is 7.47. The molecule has 1 aromatic rings. The number of esters is 2. The Bertz CT molecular complexity index is 798. The molecule has 0 spiro atoms. The van der Waals surface area contributed by atoms with Gasteiger partial charge in [-0.1, -0.05) is 38.8 Å². The molecule has 0 N–H and O–H groups in total. The Balaban J connectivity index is 1.34. The molecule has 0 saturated heterocycles. The summed E-state index contributed by atoms with van der Waals surface area (Å²) in [7, 11) is 0. The monoisotopic (exact) mass is 508 g/mol. The summed E-state index contributed by atoms with van der Waals surface area (Å²) in [4.78, 5) is 23.6. The quantitative estimate of drug-likeness (QED) is 0.284. The van der Waals surface area contributed by atoms with Gasteiger partial charge >= 0.3 is 11.9 Å². The average Bonchev–Trinajstić information content (AvgIpc) is 2.89. The summed E-state index contributed by atoms with van der Waals surface area (Å²) in [6.07, 6.45) is 4.96. The molecule has 5 nitrogen and oxygen atoms in total. The van der Waals surface area contributed by atoms with Gasteiger partial charge in [0.05, 0.1) is 6.61 Å². The lowest BCUT2D eigenvalue weighted by Crippen LogP contribution is -2.30. The van der Waals surface area contributed by atoms with Crippen molar-refractivity contribution in [1.29, 1.82) is 0 Å². The molecule has 0 bridgehead atoms. The van der Waals surface area contributed by atoms with Crippen LogP contribution in [0.3, 0.4) is 0 Å². The minimum atomic E-state index is -1.51. The van der Waals surface area contributed by atoms with Crippen LogP contribution in [-0.2, 0) is 19.1 Å². The van der Waals surface area contributed by atoms with Gasteiger partial charge in [0.2, 0.25) is 0 Å². The van der Waals surface area contributed by atoms with E-state index in [0.29, 0.717) is 31.3 Å². The molecule has 0 unspecified atom stereocenters. The Kier molecular flexibility index (Phi) is 11.5. The van der Waals surface area contributed by atoms with Crippen LogP contribution in [0.2, 0.25) is 0 Å². The SMILES string of the molecule is CCC[C@H](F)C(=O)OC1CCC(COc2ccc(C3CCC(OC(=O)[C@@H](F)CCC)CC3)cc2)CC1. The molecule has 2 saturated carbocycles. The number of alkyl halides is 2. The number of hydrogen-bond acceptors (Lipinski definition) is 5. The van der Waals surface area contributed by atoms with E-state index in [9.17, 15) is 18.4 Å². The molecule has 1 aromatic carbocycles. The highest BCUT2D eigenvalue weighted by Crippen LogP contribution is 2.35. The molecule has 7 heteroatoms. The minimum Gasteiger partial charge on any atom is -0.493 e. The van der Waals surface area contributed by atoms with E-state index >= 15 is 0 Å². The predicted molar refractivity (Wildman–Crippen MR) is 134 cm³/mol. The topological polar surface area (TPSA) is 61.8 Å². The van der Waals surface area contributed by atoms with Crippen LogP contribution in [0, 0.1) is 5.92 Å². The zero-order valence-corrected chi connectivity index (χ0v) is 21.8. The summed E-state index contributed by atoms with van der Waals surface area (Å²) >= 11 is 0. The van der Waals surface area contributed by atoms with Gasteiger partial charge in [-0.3, -0.25) is 0 Å². The van der Waals surface area contributed by atoms with Crippen LogP contribution >= 0.6 is 0 Å². The Morgan fingerprint density at radius 1 is 0.778 bits per heavy atom. The Hall–Kier alpha value is -2.18. The second-order valence-corrected chi connectivity index (χ2v) is 10.4.